The van der Waals surface area contributed by atoms with E-state index in [9.17, 15) is 9.59 Å². The SMILES string of the molecule is CCN(Cc1cc(CN(CC)[C@@H]2CCN(c3ncccc3COC(=O)CC(C)(C)C)C2)[nH]n1)[C@@H]1CCN(c2ncccc2C(=O)OC(C)C(C)C(C)C)C1. The highest BCUT2D eigenvalue weighted by molar-refractivity contribution is 5.95. The van der Waals surface area contributed by atoms with E-state index in [1.165, 1.54) is 0 Å². The van der Waals surface area contributed by atoms with Gasteiger partial charge in [0.05, 0.1) is 12.1 Å². The number of carbonyl (C=O) groups excluding carboxylic acids is 2. The highest BCUT2D eigenvalue weighted by atomic mass is 16.5. The number of likely N-dealkylation sites (N-methyl/N-ethyl adjacent to an activating group) is 2. The van der Waals surface area contributed by atoms with E-state index in [4.69, 9.17) is 19.6 Å². The Labute approximate surface area is 323 Å². The zero-order valence-electron chi connectivity index (χ0n) is 34.2. The van der Waals surface area contributed by atoms with Crippen molar-refractivity contribution in [2.24, 2.45) is 17.3 Å². The molecule has 0 spiro atoms. The van der Waals surface area contributed by atoms with Crippen LogP contribution < -0.4 is 9.80 Å². The molecule has 0 bridgehead atoms. The summed E-state index contributed by atoms with van der Waals surface area (Å²) in [5, 5.41) is 8.08. The first kappa shape index (κ1) is 41.1. The van der Waals surface area contributed by atoms with Crippen molar-refractivity contribution < 1.29 is 19.1 Å². The van der Waals surface area contributed by atoms with Crippen molar-refractivity contribution in [1.82, 2.24) is 30.0 Å². The van der Waals surface area contributed by atoms with Crippen molar-refractivity contribution in [3.8, 4) is 0 Å². The predicted octanol–water partition coefficient (Wildman–Crippen LogP) is 6.72. The number of aromatic nitrogens is 4. The second kappa shape index (κ2) is 18.5. The zero-order chi connectivity index (χ0) is 39.0. The summed E-state index contributed by atoms with van der Waals surface area (Å²) in [5.74, 6) is 1.81. The van der Waals surface area contributed by atoms with Gasteiger partial charge in [0.1, 0.15) is 29.9 Å². The number of H-pyrrole nitrogens is 1. The van der Waals surface area contributed by atoms with Crippen molar-refractivity contribution in [3.05, 3.63) is 65.2 Å². The van der Waals surface area contributed by atoms with Gasteiger partial charge in [0.2, 0.25) is 0 Å². The van der Waals surface area contributed by atoms with Gasteiger partial charge in [-0.15, -0.1) is 0 Å². The summed E-state index contributed by atoms with van der Waals surface area (Å²) in [4.78, 5) is 44.6. The number of hydrogen-bond donors (Lipinski definition) is 1. The van der Waals surface area contributed by atoms with E-state index < -0.39 is 0 Å². The van der Waals surface area contributed by atoms with Crippen LogP contribution in [0, 0.1) is 17.3 Å². The van der Waals surface area contributed by atoms with Crippen molar-refractivity contribution in [3.63, 3.8) is 0 Å². The third-order valence-electron chi connectivity index (χ3n) is 11.2. The van der Waals surface area contributed by atoms with E-state index in [1.54, 1.807) is 6.20 Å². The van der Waals surface area contributed by atoms with Crippen LogP contribution in [0.3, 0.4) is 0 Å². The third-order valence-corrected chi connectivity index (χ3v) is 11.2. The van der Waals surface area contributed by atoms with Crippen LogP contribution in [-0.2, 0) is 34.0 Å². The molecule has 0 aliphatic carbocycles. The van der Waals surface area contributed by atoms with Gasteiger partial charge in [0, 0.05) is 75.0 Å². The summed E-state index contributed by atoms with van der Waals surface area (Å²) < 4.78 is 11.6. The maximum Gasteiger partial charge on any atom is 0.342 e. The van der Waals surface area contributed by atoms with Crippen LogP contribution in [-0.4, -0.2) is 99.4 Å². The topological polar surface area (TPSA) is 120 Å². The minimum absolute atomic E-state index is 0.112. The molecule has 0 aromatic carbocycles. The molecular formula is C42H64N8O4. The molecule has 4 atom stereocenters. The Morgan fingerprint density at radius 3 is 2.15 bits per heavy atom. The van der Waals surface area contributed by atoms with E-state index in [2.05, 4.69) is 70.4 Å². The fraction of sp³-hybridized carbons (Fsp3) is 0.643. The summed E-state index contributed by atoms with van der Waals surface area (Å²) in [5.41, 5.74) is 3.50. The Morgan fingerprint density at radius 1 is 0.907 bits per heavy atom. The van der Waals surface area contributed by atoms with Crippen LogP contribution in [0.4, 0.5) is 11.6 Å². The predicted molar refractivity (Wildman–Crippen MR) is 213 cm³/mol. The van der Waals surface area contributed by atoms with E-state index in [0.717, 1.165) is 88.0 Å². The lowest BCUT2D eigenvalue weighted by atomic mass is 9.92. The number of aromatic amines is 1. The first-order valence-electron chi connectivity index (χ1n) is 20.0. The highest BCUT2D eigenvalue weighted by Crippen LogP contribution is 2.29. The van der Waals surface area contributed by atoms with E-state index in [1.807, 2.05) is 58.2 Å². The fourth-order valence-corrected chi connectivity index (χ4v) is 7.62. The van der Waals surface area contributed by atoms with Gasteiger partial charge >= 0.3 is 11.9 Å². The van der Waals surface area contributed by atoms with Crippen LogP contribution in [0.2, 0.25) is 0 Å². The van der Waals surface area contributed by atoms with Crippen LogP contribution in [0.5, 0.6) is 0 Å². The average molecular weight is 745 g/mol. The quantitative estimate of drug-likeness (QED) is 0.149. The molecule has 0 radical (unpaired) electrons. The number of nitrogens with one attached hydrogen (secondary N) is 1. The van der Waals surface area contributed by atoms with Crippen molar-refractivity contribution in [2.75, 3.05) is 49.1 Å². The summed E-state index contributed by atoms with van der Waals surface area (Å²) in [6.07, 6.45) is 5.80. The molecule has 3 aromatic heterocycles. The lowest BCUT2D eigenvalue weighted by Crippen LogP contribution is -2.37. The molecular weight excluding hydrogens is 681 g/mol. The van der Waals surface area contributed by atoms with Gasteiger partial charge in [-0.05, 0) is 74.4 Å². The van der Waals surface area contributed by atoms with E-state index >= 15 is 0 Å². The van der Waals surface area contributed by atoms with Crippen molar-refractivity contribution >= 4 is 23.6 Å². The van der Waals surface area contributed by atoms with Gasteiger partial charge in [-0.2, -0.15) is 5.10 Å². The number of esters is 2. The molecule has 0 saturated carbocycles. The molecule has 3 aromatic rings. The minimum atomic E-state index is -0.305. The van der Waals surface area contributed by atoms with Gasteiger partial charge in [-0.3, -0.25) is 19.7 Å². The molecule has 54 heavy (non-hydrogen) atoms. The Hall–Kier alpha value is -4.03. The molecule has 1 N–H and O–H groups in total. The number of ether oxygens (including phenoxy) is 2. The third kappa shape index (κ3) is 10.8. The lowest BCUT2D eigenvalue weighted by Gasteiger charge is -2.28. The standard InChI is InChI=1S/C42H64N8O4/c1-10-47(35-16-20-49(26-35)39-32(14-12-18-43-39)28-53-38(51)23-42(7,8)9)24-33-22-34(46-45-33)25-48(11-2)36-17-21-50(27-36)40-37(15-13-19-44-40)41(52)54-31(6)30(5)29(3)4/h12-15,18-19,22,29-31,35-36H,10-11,16-17,20-21,23-28H2,1-9H3,(H,45,46)/t30?,31?,35-,36-/m1/s1. The molecule has 2 unspecified atom stereocenters. The molecule has 2 aliphatic rings. The van der Waals surface area contributed by atoms with Gasteiger partial charge < -0.3 is 19.3 Å². The van der Waals surface area contributed by atoms with Crippen LogP contribution >= 0.6 is 0 Å². The minimum Gasteiger partial charge on any atom is -0.461 e. The van der Waals surface area contributed by atoms with Crippen molar-refractivity contribution in [2.45, 2.75) is 119 Å². The summed E-state index contributed by atoms with van der Waals surface area (Å²) in [6.45, 7) is 25.9. The number of pyridine rings is 2. The Balaban J connectivity index is 1.15. The maximum atomic E-state index is 13.3. The first-order valence-corrected chi connectivity index (χ1v) is 20.0. The number of anilines is 2. The largest absolute Gasteiger partial charge is 0.461 e. The van der Waals surface area contributed by atoms with Gasteiger partial charge in [-0.1, -0.05) is 61.5 Å². The molecule has 0 amide bonds. The number of carbonyl (C=O) groups is 2. The number of nitrogens with zero attached hydrogens (tertiary/aromatic N) is 7. The molecule has 296 valence electrons. The number of rotatable bonds is 17. The smallest absolute Gasteiger partial charge is 0.342 e. The lowest BCUT2D eigenvalue weighted by molar-refractivity contribution is -0.147. The maximum absolute atomic E-state index is 13.3. The van der Waals surface area contributed by atoms with Crippen molar-refractivity contribution in [1.29, 1.82) is 0 Å². The second-order valence-electron chi connectivity index (χ2n) is 16.8. The molecule has 2 saturated heterocycles. The molecule has 12 heteroatoms. The molecule has 5 heterocycles. The Bertz CT molecular complexity index is 1670. The van der Waals surface area contributed by atoms with Crippen LogP contribution in [0.15, 0.2) is 42.7 Å². The molecule has 12 nitrogen and oxygen atoms in total. The van der Waals surface area contributed by atoms with E-state index in [-0.39, 0.29) is 36.0 Å². The second-order valence-corrected chi connectivity index (χ2v) is 16.8. The first-order chi connectivity index (χ1) is 25.8. The fourth-order valence-electron chi connectivity index (χ4n) is 7.62. The van der Waals surface area contributed by atoms with E-state index in [0.29, 0.717) is 35.8 Å². The van der Waals surface area contributed by atoms with Crippen LogP contribution in [0.1, 0.15) is 109 Å². The Morgan fingerprint density at radius 2 is 1.52 bits per heavy atom. The Kier molecular flexibility index (Phi) is 14.1. The molecule has 2 aliphatic heterocycles. The van der Waals surface area contributed by atoms with Gasteiger partial charge in [-0.25, -0.2) is 14.8 Å². The van der Waals surface area contributed by atoms with Crippen LogP contribution in [0.25, 0.3) is 0 Å². The highest BCUT2D eigenvalue weighted by Gasteiger charge is 2.33. The number of hydrogen-bond acceptors (Lipinski definition) is 11. The average Bonchev–Trinajstić information content (AvgIpc) is 3.93. The summed E-state index contributed by atoms with van der Waals surface area (Å²) in [6, 6.07) is 10.5. The monoisotopic (exact) mass is 745 g/mol. The molecule has 2 fully saturated rings. The zero-order valence-corrected chi connectivity index (χ0v) is 34.2. The summed E-state index contributed by atoms with van der Waals surface area (Å²) >= 11 is 0. The van der Waals surface area contributed by atoms with Gasteiger partial charge in [0.15, 0.2) is 0 Å². The normalized spacial score (nSPS) is 18.9. The molecule has 5 rings (SSSR count). The summed E-state index contributed by atoms with van der Waals surface area (Å²) in [7, 11) is 0. The van der Waals surface area contributed by atoms with Gasteiger partial charge in [0.25, 0.3) is 0 Å².